The summed E-state index contributed by atoms with van der Waals surface area (Å²) in [5.41, 5.74) is 2.98. The van der Waals surface area contributed by atoms with Gasteiger partial charge in [0, 0.05) is 8.95 Å². The molecule has 0 spiro atoms. The first-order chi connectivity index (χ1) is 9.04. The minimum Gasteiger partial charge on any atom is -0.507 e. The van der Waals surface area contributed by atoms with Gasteiger partial charge >= 0.3 is 0 Å². The number of aryl methyl sites for hydroxylation is 1. The fourth-order valence-corrected chi connectivity index (χ4v) is 2.51. The number of aromatic nitrogens is 3. The average molecular weight is 383 g/mol. The standard InChI is InChI=1S/C13H9Br2N3O/c1-6-9(15)5-10-13(16-6)18-12(17-10)8-4-7(14)2-3-11(8)19/h2-5,19H,1H3,(H,16,17,18). The van der Waals surface area contributed by atoms with E-state index in [0.29, 0.717) is 17.0 Å². The molecular formula is C13H9Br2N3O. The van der Waals surface area contributed by atoms with Crippen molar-refractivity contribution in [2.45, 2.75) is 6.92 Å². The number of aromatic hydroxyl groups is 1. The fraction of sp³-hybridized carbons (Fsp3) is 0.0769. The van der Waals surface area contributed by atoms with Gasteiger partial charge in [-0.3, -0.25) is 0 Å². The summed E-state index contributed by atoms with van der Waals surface area (Å²) in [5, 5.41) is 9.91. The van der Waals surface area contributed by atoms with E-state index < -0.39 is 0 Å². The number of pyridine rings is 1. The number of nitrogens with one attached hydrogen (secondary N) is 1. The molecular weight excluding hydrogens is 374 g/mol. The van der Waals surface area contributed by atoms with Crippen molar-refractivity contribution in [3.8, 4) is 17.1 Å². The predicted octanol–water partition coefficient (Wildman–Crippen LogP) is 4.16. The molecule has 96 valence electrons. The van der Waals surface area contributed by atoms with E-state index in [1.807, 2.05) is 19.1 Å². The van der Waals surface area contributed by atoms with Crippen LogP contribution in [0.3, 0.4) is 0 Å². The molecule has 0 aliphatic carbocycles. The molecule has 2 heterocycles. The summed E-state index contributed by atoms with van der Waals surface area (Å²) in [6, 6.07) is 7.15. The molecule has 3 rings (SSSR count). The molecule has 0 amide bonds. The van der Waals surface area contributed by atoms with Crippen LogP contribution in [0.5, 0.6) is 5.75 Å². The van der Waals surface area contributed by atoms with Crippen molar-refractivity contribution in [3.05, 3.63) is 38.9 Å². The lowest BCUT2D eigenvalue weighted by molar-refractivity contribution is 0.477. The number of fused-ring (bicyclic) bond motifs is 1. The van der Waals surface area contributed by atoms with Crippen LogP contribution in [0.2, 0.25) is 0 Å². The van der Waals surface area contributed by atoms with Gasteiger partial charge in [-0.2, -0.15) is 0 Å². The summed E-state index contributed by atoms with van der Waals surface area (Å²) in [6.45, 7) is 1.91. The third-order valence-corrected chi connectivity index (χ3v) is 4.11. The third kappa shape index (κ3) is 2.26. The van der Waals surface area contributed by atoms with Gasteiger partial charge in [-0.05, 0) is 47.1 Å². The summed E-state index contributed by atoms with van der Waals surface area (Å²) in [6.07, 6.45) is 0. The lowest BCUT2D eigenvalue weighted by Gasteiger charge is -2.01. The number of hydrogen-bond acceptors (Lipinski definition) is 3. The highest BCUT2D eigenvalue weighted by Crippen LogP contribution is 2.31. The zero-order valence-electron chi connectivity index (χ0n) is 9.91. The van der Waals surface area contributed by atoms with E-state index >= 15 is 0 Å². The third-order valence-electron chi connectivity index (χ3n) is 2.82. The highest BCUT2D eigenvalue weighted by molar-refractivity contribution is 9.10. The van der Waals surface area contributed by atoms with Crippen molar-refractivity contribution < 1.29 is 5.11 Å². The van der Waals surface area contributed by atoms with Crippen molar-refractivity contribution >= 4 is 43.0 Å². The van der Waals surface area contributed by atoms with Crippen LogP contribution < -0.4 is 0 Å². The van der Waals surface area contributed by atoms with Gasteiger partial charge < -0.3 is 10.1 Å². The summed E-state index contributed by atoms with van der Waals surface area (Å²) in [7, 11) is 0. The Kier molecular flexibility index (Phi) is 3.06. The topological polar surface area (TPSA) is 61.8 Å². The van der Waals surface area contributed by atoms with Crippen LogP contribution in [0.4, 0.5) is 0 Å². The van der Waals surface area contributed by atoms with Gasteiger partial charge in [-0.15, -0.1) is 0 Å². The first kappa shape index (κ1) is 12.6. The number of phenolic OH excluding ortho intramolecular Hbond substituents is 1. The molecule has 3 aromatic rings. The van der Waals surface area contributed by atoms with Gasteiger partial charge in [0.15, 0.2) is 5.65 Å². The largest absolute Gasteiger partial charge is 0.507 e. The van der Waals surface area contributed by atoms with Gasteiger partial charge in [0.1, 0.15) is 11.6 Å². The fourth-order valence-electron chi connectivity index (χ4n) is 1.83. The molecule has 0 saturated carbocycles. The Balaban J connectivity index is 2.23. The van der Waals surface area contributed by atoms with Crippen LogP contribution in [0, 0.1) is 6.92 Å². The number of rotatable bonds is 1. The van der Waals surface area contributed by atoms with Crippen LogP contribution >= 0.6 is 31.9 Å². The maximum atomic E-state index is 9.91. The Bertz CT molecular complexity index is 744. The second kappa shape index (κ2) is 4.61. The van der Waals surface area contributed by atoms with E-state index in [0.717, 1.165) is 20.2 Å². The van der Waals surface area contributed by atoms with Crippen molar-refractivity contribution in [2.75, 3.05) is 0 Å². The van der Waals surface area contributed by atoms with Crippen molar-refractivity contribution in [2.24, 2.45) is 0 Å². The molecule has 0 aliphatic rings. The first-order valence-corrected chi connectivity index (χ1v) is 7.15. The normalized spacial score (nSPS) is 11.1. The summed E-state index contributed by atoms with van der Waals surface area (Å²) < 4.78 is 1.81. The number of phenols is 1. The average Bonchev–Trinajstić information content (AvgIpc) is 2.75. The van der Waals surface area contributed by atoms with Gasteiger partial charge in [0.05, 0.1) is 16.8 Å². The second-order valence-corrected chi connectivity index (χ2v) is 5.94. The number of H-pyrrole nitrogens is 1. The molecule has 4 nitrogen and oxygen atoms in total. The molecule has 0 atom stereocenters. The highest BCUT2D eigenvalue weighted by atomic mass is 79.9. The zero-order valence-corrected chi connectivity index (χ0v) is 13.1. The number of benzene rings is 1. The van der Waals surface area contributed by atoms with E-state index in [4.69, 9.17) is 0 Å². The lowest BCUT2D eigenvalue weighted by Crippen LogP contribution is -1.84. The monoisotopic (exact) mass is 381 g/mol. The van der Waals surface area contributed by atoms with E-state index in [2.05, 4.69) is 46.8 Å². The van der Waals surface area contributed by atoms with Crippen molar-refractivity contribution in [1.29, 1.82) is 0 Å². The number of halogens is 2. The molecule has 0 fully saturated rings. The number of hydrogen-bond donors (Lipinski definition) is 2. The zero-order chi connectivity index (χ0) is 13.6. The van der Waals surface area contributed by atoms with Gasteiger partial charge in [-0.25, -0.2) is 9.97 Å². The van der Waals surface area contributed by atoms with Gasteiger partial charge in [-0.1, -0.05) is 15.9 Å². The molecule has 0 saturated heterocycles. The molecule has 1 aromatic carbocycles. The van der Waals surface area contributed by atoms with Gasteiger partial charge in [0.2, 0.25) is 0 Å². The second-order valence-electron chi connectivity index (χ2n) is 4.17. The maximum absolute atomic E-state index is 9.91. The van der Waals surface area contributed by atoms with Crippen molar-refractivity contribution in [3.63, 3.8) is 0 Å². The SMILES string of the molecule is Cc1nc2nc(-c3cc(Br)ccc3O)[nH]c2cc1Br. The molecule has 2 N–H and O–H groups in total. The maximum Gasteiger partial charge on any atom is 0.178 e. The highest BCUT2D eigenvalue weighted by Gasteiger charge is 2.12. The molecule has 0 radical (unpaired) electrons. The quantitative estimate of drug-likeness (QED) is 0.664. The van der Waals surface area contributed by atoms with Crippen LogP contribution in [-0.2, 0) is 0 Å². The smallest absolute Gasteiger partial charge is 0.178 e. The Morgan fingerprint density at radius 1 is 1.16 bits per heavy atom. The van der Waals surface area contributed by atoms with Crippen LogP contribution in [0.15, 0.2) is 33.2 Å². The minimum absolute atomic E-state index is 0.179. The molecule has 0 aliphatic heterocycles. The van der Waals surface area contributed by atoms with E-state index in [9.17, 15) is 5.11 Å². The van der Waals surface area contributed by atoms with E-state index in [1.165, 1.54) is 0 Å². The Morgan fingerprint density at radius 3 is 2.74 bits per heavy atom. The molecule has 2 aromatic heterocycles. The first-order valence-electron chi connectivity index (χ1n) is 5.56. The number of aromatic amines is 1. The molecule has 6 heteroatoms. The number of imidazole rings is 1. The molecule has 0 bridgehead atoms. The van der Waals surface area contributed by atoms with Crippen LogP contribution in [0.1, 0.15) is 5.69 Å². The van der Waals surface area contributed by atoms with E-state index in [-0.39, 0.29) is 5.75 Å². The predicted molar refractivity (Wildman–Crippen MR) is 81.1 cm³/mol. The van der Waals surface area contributed by atoms with Crippen LogP contribution in [-0.4, -0.2) is 20.1 Å². The van der Waals surface area contributed by atoms with Crippen molar-refractivity contribution in [1.82, 2.24) is 15.0 Å². The Morgan fingerprint density at radius 2 is 1.95 bits per heavy atom. The molecule has 19 heavy (non-hydrogen) atoms. The lowest BCUT2D eigenvalue weighted by atomic mass is 10.2. The van der Waals surface area contributed by atoms with E-state index in [1.54, 1.807) is 12.1 Å². The summed E-state index contributed by atoms with van der Waals surface area (Å²) >= 11 is 6.83. The summed E-state index contributed by atoms with van der Waals surface area (Å²) in [4.78, 5) is 12.0. The minimum atomic E-state index is 0.179. The number of nitrogens with zero attached hydrogens (tertiary/aromatic N) is 2. The Labute approximate surface area is 126 Å². The summed E-state index contributed by atoms with van der Waals surface area (Å²) in [5.74, 6) is 0.775. The Hall–Kier alpha value is -1.40. The van der Waals surface area contributed by atoms with Gasteiger partial charge in [0.25, 0.3) is 0 Å². The molecule has 0 unspecified atom stereocenters. The van der Waals surface area contributed by atoms with Crippen LogP contribution in [0.25, 0.3) is 22.6 Å².